The maximum absolute atomic E-state index is 10.7. The molecule has 1 aliphatic carbocycles. The number of aliphatic hydroxyl groups is 1. The van der Waals surface area contributed by atoms with Crippen LogP contribution in [-0.2, 0) is 6.42 Å². The van der Waals surface area contributed by atoms with E-state index in [1.807, 2.05) is 18.2 Å². The Balaban J connectivity index is 2.21. The van der Waals surface area contributed by atoms with Crippen molar-refractivity contribution in [2.24, 2.45) is 5.41 Å². The Labute approximate surface area is 117 Å². The Hall–Kier alpha value is -0.540. The van der Waals surface area contributed by atoms with Crippen LogP contribution in [0.2, 0.25) is 0 Å². The van der Waals surface area contributed by atoms with E-state index in [-0.39, 0.29) is 5.41 Å². The molecule has 1 aromatic carbocycles. The van der Waals surface area contributed by atoms with E-state index < -0.39 is 5.60 Å². The summed E-state index contributed by atoms with van der Waals surface area (Å²) in [5.74, 6) is 0.858. The fourth-order valence-corrected chi connectivity index (χ4v) is 3.44. The van der Waals surface area contributed by atoms with Gasteiger partial charge in [-0.3, -0.25) is 0 Å². The van der Waals surface area contributed by atoms with Gasteiger partial charge in [-0.2, -0.15) is 0 Å². The molecule has 0 saturated heterocycles. The van der Waals surface area contributed by atoms with Crippen LogP contribution < -0.4 is 4.74 Å². The first-order valence-corrected chi connectivity index (χ1v) is 7.18. The second kappa shape index (κ2) is 4.86. The minimum atomic E-state index is -0.586. The fraction of sp³-hybridized carbons (Fsp3) is 0.600. The first kappa shape index (κ1) is 13.9. The van der Waals surface area contributed by atoms with E-state index in [1.165, 1.54) is 0 Å². The van der Waals surface area contributed by atoms with E-state index in [2.05, 4.69) is 29.8 Å². The number of hydrogen-bond acceptors (Lipinski definition) is 2. The number of methoxy groups -OCH3 is 1. The van der Waals surface area contributed by atoms with E-state index in [4.69, 9.17) is 4.74 Å². The topological polar surface area (TPSA) is 29.5 Å². The van der Waals surface area contributed by atoms with Crippen LogP contribution in [0.4, 0.5) is 0 Å². The van der Waals surface area contributed by atoms with Gasteiger partial charge < -0.3 is 9.84 Å². The zero-order valence-corrected chi connectivity index (χ0v) is 12.9. The lowest BCUT2D eigenvalue weighted by molar-refractivity contribution is 0.0373. The van der Waals surface area contributed by atoms with Crippen molar-refractivity contribution >= 4 is 15.9 Å². The molecule has 0 aliphatic heterocycles. The van der Waals surface area contributed by atoms with Crippen molar-refractivity contribution in [3.63, 3.8) is 0 Å². The van der Waals surface area contributed by atoms with Gasteiger partial charge in [0.25, 0.3) is 0 Å². The van der Waals surface area contributed by atoms with Gasteiger partial charge in [0.05, 0.1) is 12.7 Å². The summed E-state index contributed by atoms with van der Waals surface area (Å²) in [4.78, 5) is 0. The third-order valence-corrected chi connectivity index (χ3v) is 4.33. The van der Waals surface area contributed by atoms with Crippen molar-refractivity contribution in [3.05, 3.63) is 28.2 Å². The Morgan fingerprint density at radius 1 is 1.33 bits per heavy atom. The van der Waals surface area contributed by atoms with E-state index in [9.17, 15) is 5.11 Å². The zero-order valence-electron chi connectivity index (χ0n) is 11.3. The molecule has 3 heteroatoms. The van der Waals surface area contributed by atoms with Crippen molar-refractivity contribution in [2.45, 2.75) is 45.1 Å². The summed E-state index contributed by atoms with van der Waals surface area (Å²) in [5, 5.41) is 10.7. The van der Waals surface area contributed by atoms with Gasteiger partial charge in [-0.25, -0.2) is 0 Å². The van der Waals surface area contributed by atoms with Crippen molar-refractivity contribution in [3.8, 4) is 5.75 Å². The Kier molecular flexibility index (Phi) is 3.75. The van der Waals surface area contributed by atoms with Gasteiger partial charge in [0.1, 0.15) is 5.75 Å². The summed E-state index contributed by atoms with van der Waals surface area (Å²) in [5.41, 5.74) is 0.734. The summed E-state index contributed by atoms with van der Waals surface area (Å²) in [6, 6.07) is 5.95. The van der Waals surface area contributed by atoms with Crippen LogP contribution in [0.1, 0.15) is 38.7 Å². The minimum absolute atomic E-state index is 0.244. The molecule has 18 heavy (non-hydrogen) atoms. The van der Waals surface area contributed by atoms with Gasteiger partial charge in [0, 0.05) is 10.9 Å². The standard InChI is InChI=1S/C15H21BrO2/c1-14(2)6-7-15(17,10-14)9-11-8-12(16)4-5-13(11)18-3/h4-5,8,17H,6-7,9-10H2,1-3H3. The molecule has 1 fully saturated rings. The third kappa shape index (κ3) is 3.07. The summed E-state index contributed by atoms with van der Waals surface area (Å²) in [6.45, 7) is 4.45. The van der Waals surface area contributed by atoms with Crippen molar-refractivity contribution < 1.29 is 9.84 Å². The molecular formula is C15H21BrO2. The van der Waals surface area contributed by atoms with Gasteiger partial charge in [-0.15, -0.1) is 0 Å². The summed E-state index contributed by atoms with van der Waals surface area (Å²) in [7, 11) is 1.68. The summed E-state index contributed by atoms with van der Waals surface area (Å²) < 4.78 is 6.40. The molecule has 1 N–H and O–H groups in total. The molecule has 2 rings (SSSR count). The van der Waals surface area contributed by atoms with Gasteiger partial charge in [0.15, 0.2) is 0 Å². The number of benzene rings is 1. The highest BCUT2D eigenvalue weighted by molar-refractivity contribution is 9.10. The minimum Gasteiger partial charge on any atom is -0.496 e. The second-order valence-electron chi connectivity index (χ2n) is 6.20. The van der Waals surface area contributed by atoms with Crippen LogP contribution in [0.3, 0.4) is 0 Å². The molecule has 0 radical (unpaired) electrons. The Morgan fingerprint density at radius 3 is 2.61 bits per heavy atom. The van der Waals surface area contributed by atoms with Gasteiger partial charge in [0.2, 0.25) is 0 Å². The average Bonchev–Trinajstić information content (AvgIpc) is 2.53. The lowest BCUT2D eigenvalue weighted by Crippen LogP contribution is -2.29. The first-order valence-electron chi connectivity index (χ1n) is 6.38. The van der Waals surface area contributed by atoms with Gasteiger partial charge >= 0.3 is 0 Å². The molecule has 1 saturated carbocycles. The quantitative estimate of drug-likeness (QED) is 0.916. The molecule has 0 bridgehead atoms. The third-order valence-electron chi connectivity index (χ3n) is 3.84. The maximum Gasteiger partial charge on any atom is 0.122 e. The molecule has 1 aliphatic rings. The molecule has 100 valence electrons. The van der Waals surface area contributed by atoms with Crippen LogP contribution in [0.5, 0.6) is 5.75 Å². The normalized spacial score (nSPS) is 26.3. The fourth-order valence-electron chi connectivity index (χ4n) is 3.03. The lowest BCUT2D eigenvalue weighted by Gasteiger charge is -2.26. The Bertz CT molecular complexity index is 442. The smallest absolute Gasteiger partial charge is 0.122 e. The van der Waals surface area contributed by atoms with E-state index in [1.54, 1.807) is 7.11 Å². The molecule has 0 spiro atoms. The number of hydrogen-bond donors (Lipinski definition) is 1. The number of ether oxygens (including phenoxy) is 1. The number of halogens is 1. The highest BCUT2D eigenvalue weighted by atomic mass is 79.9. The highest BCUT2D eigenvalue weighted by Gasteiger charge is 2.42. The Morgan fingerprint density at radius 2 is 2.06 bits per heavy atom. The molecular weight excluding hydrogens is 292 g/mol. The van der Waals surface area contributed by atoms with E-state index >= 15 is 0 Å². The van der Waals surface area contributed by atoms with E-state index in [0.717, 1.165) is 35.0 Å². The molecule has 2 nitrogen and oxygen atoms in total. The largest absolute Gasteiger partial charge is 0.496 e. The van der Waals surface area contributed by atoms with Crippen LogP contribution in [-0.4, -0.2) is 17.8 Å². The summed E-state index contributed by atoms with van der Waals surface area (Å²) >= 11 is 3.48. The summed E-state index contributed by atoms with van der Waals surface area (Å²) in [6.07, 6.45) is 3.48. The molecule has 0 amide bonds. The van der Waals surface area contributed by atoms with Gasteiger partial charge in [-0.1, -0.05) is 29.8 Å². The van der Waals surface area contributed by atoms with Crippen molar-refractivity contribution in [1.29, 1.82) is 0 Å². The van der Waals surface area contributed by atoms with Gasteiger partial charge in [-0.05, 0) is 48.4 Å². The van der Waals surface area contributed by atoms with Crippen LogP contribution >= 0.6 is 15.9 Å². The molecule has 0 aromatic heterocycles. The van der Waals surface area contributed by atoms with Crippen LogP contribution in [0.15, 0.2) is 22.7 Å². The maximum atomic E-state index is 10.7. The highest BCUT2D eigenvalue weighted by Crippen LogP contribution is 2.45. The molecule has 0 heterocycles. The molecule has 1 unspecified atom stereocenters. The first-order chi connectivity index (χ1) is 8.34. The monoisotopic (exact) mass is 312 g/mol. The van der Waals surface area contributed by atoms with Crippen molar-refractivity contribution in [2.75, 3.05) is 7.11 Å². The zero-order chi connectivity index (χ0) is 13.4. The predicted octanol–water partition coefficient (Wildman–Crippen LogP) is 3.94. The average molecular weight is 313 g/mol. The lowest BCUT2D eigenvalue weighted by atomic mass is 9.86. The molecule has 1 aromatic rings. The van der Waals surface area contributed by atoms with Crippen molar-refractivity contribution in [1.82, 2.24) is 0 Å². The number of rotatable bonds is 3. The SMILES string of the molecule is COc1ccc(Br)cc1CC1(O)CCC(C)(C)C1. The van der Waals surface area contributed by atoms with Crippen LogP contribution in [0.25, 0.3) is 0 Å². The predicted molar refractivity (Wildman–Crippen MR) is 77.0 cm³/mol. The van der Waals surface area contributed by atoms with Crippen LogP contribution in [0, 0.1) is 5.41 Å². The van der Waals surface area contributed by atoms with E-state index in [0.29, 0.717) is 6.42 Å². The second-order valence-corrected chi connectivity index (χ2v) is 7.11. The molecule has 1 atom stereocenters.